The summed E-state index contributed by atoms with van der Waals surface area (Å²) in [5.74, 6) is 0. The van der Waals surface area contributed by atoms with Crippen LogP contribution in [-0.4, -0.2) is 8.05 Å². The summed E-state index contributed by atoms with van der Waals surface area (Å²) in [4.78, 5) is 0. The van der Waals surface area contributed by atoms with Crippen LogP contribution in [0.4, 0.5) is 0 Å². The Labute approximate surface area is 104 Å². The zero-order valence-corrected chi connectivity index (χ0v) is 9.75. The third-order valence-electron chi connectivity index (χ3n) is 2.87. The summed E-state index contributed by atoms with van der Waals surface area (Å²) in [5.41, 5.74) is 2.44. The van der Waals surface area contributed by atoms with Crippen LogP contribution in [0.5, 0.6) is 0 Å². The lowest BCUT2D eigenvalue weighted by atomic mass is 10.0. The van der Waals surface area contributed by atoms with E-state index in [0.717, 1.165) is 18.4 Å². The summed E-state index contributed by atoms with van der Waals surface area (Å²) in [6, 6.07) is 20.5. The Bertz CT molecular complexity index is 427. The highest BCUT2D eigenvalue weighted by Crippen LogP contribution is 2.21. The maximum atomic E-state index is 5.37. The summed E-state index contributed by atoms with van der Waals surface area (Å²) < 4.78 is 5.06. The van der Waals surface area contributed by atoms with Gasteiger partial charge in [0.1, 0.15) is 0 Å². The van der Waals surface area contributed by atoms with E-state index in [1.54, 1.807) is 0 Å². The molecular weight excluding hydrogens is 207 g/mol. The van der Waals surface area contributed by atoms with E-state index in [2.05, 4.69) is 24.3 Å². The summed E-state index contributed by atoms with van der Waals surface area (Å²) >= 11 is 0. The fourth-order valence-corrected chi connectivity index (χ4v) is 1.92. The number of benzene rings is 2. The molecule has 0 aromatic heterocycles. The van der Waals surface area contributed by atoms with E-state index in [9.17, 15) is 0 Å². The monoisotopic (exact) mass is 222 g/mol. The van der Waals surface area contributed by atoms with Crippen molar-refractivity contribution in [1.29, 1.82) is 0 Å². The Morgan fingerprint density at radius 1 is 0.882 bits per heavy atom. The first-order valence-electron chi connectivity index (χ1n) is 5.84. The summed E-state index contributed by atoms with van der Waals surface area (Å²) in [6.07, 6.45) is 1.83. The van der Waals surface area contributed by atoms with Gasteiger partial charge in [0.15, 0.2) is 0 Å². The van der Waals surface area contributed by atoms with E-state index in [0.29, 0.717) is 0 Å². The van der Waals surface area contributed by atoms with E-state index < -0.39 is 0 Å². The summed E-state index contributed by atoms with van der Waals surface area (Å²) in [6.45, 7) is 0. The molecular formula is C15H15BO. The van der Waals surface area contributed by atoms with Crippen LogP contribution in [0.15, 0.2) is 60.7 Å². The lowest BCUT2D eigenvalue weighted by molar-refractivity contribution is 0.215. The molecule has 0 spiro atoms. The highest BCUT2D eigenvalue weighted by Gasteiger charge is 2.08. The lowest BCUT2D eigenvalue weighted by Crippen LogP contribution is -2.03. The van der Waals surface area contributed by atoms with Crippen LogP contribution in [0.3, 0.4) is 0 Å². The lowest BCUT2D eigenvalue weighted by Gasteiger charge is -2.16. The van der Waals surface area contributed by atoms with Crippen molar-refractivity contribution < 1.29 is 4.65 Å². The highest BCUT2D eigenvalue weighted by atomic mass is 16.4. The number of hydrogen-bond acceptors (Lipinski definition) is 1. The van der Waals surface area contributed by atoms with Gasteiger partial charge in [-0.05, 0) is 24.0 Å². The molecule has 0 N–H and O–H groups in total. The van der Waals surface area contributed by atoms with Crippen LogP contribution in [0, 0.1) is 0 Å². The minimum atomic E-state index is -0.0311. The molecule has 1 unspecified atom stereocenters. The molecule has 0 amide bonds. The molecule has 2 rings (SSSR count). The van der Waals surface area contributed by atoms with Crippen molar-refractivity contribution in [1.82, 2.24) is 0 Å². The van der Waals surface area contributed by atoms with Gasteiger partial charge in [-0.1, -0.05) is 60.7 Å². The van der Waals surface area contributed by atoms with Gasteiger partial charge in [0.05, 0.1) is 6.10 Å². The SMILES string of the molecule is [B]OC(CCc1ccccc1)c1ccccc1. The van der Waals surface area contributed by atoms with E-state index in [1.165, 1.54) is 5.56 Å². The van der Waals surface area contributed by atoms with Crippen molar-refractivity contribution in [2.45, 2.75) is 18.9 Å². The average molecular weight is 222 g/mol. The van der Waals surface area contributed by atoms with Crippen molar-refractivity contribution in [2.75, 3.05) is 0 Å². The third-order valence-corrected chi connectivity index (χ3v) is 2.87. The second-order valence-corrected chi connectivity index (χ2v) is 4.06. The smallest absolute Gasteiger partial charge is 0.283 e. The third kappa shape index (κ3) is 3.47. The van der Waals surface area contributed by atoms with Gasteiger partial charge in [-0.15, -0.1) is 0 Å². The van der Waals surface area contributed by atoms with Crippen molar-refractivity contribution in [3.63, 3.8) is 0 Å². The predicted octanol–water partition coefficient (Wildman–Crippen LogP) is 3.46. The first-order valence-corrected chi connectivity index (χ1v) is 5.84. The van der Waals surface area contributed by atoms with Gasteiger partial charge in [-0.2, -0.15) is 0 Å². The molecule has 2 heteroatoms. The largest absolute Gasteiger partial charge is 0.441 e. The standard InChI is InChI=1S/C15H15BO/c16-17-15(14-9-5-2-6-10-14)12-11-13-7-3-1-4-8-13/h1-10,15H,11-12H2. The van der Waals surface area contributed by atoms with Crippen LogP contribution < -0.4 is 0 Å². The zero-order chi connectivity index (χ0) is 11.9. The van der Waals surface area contributed by atoms with Crippen LogP contribution in [0.1, 0.15) is 23.7 Å². The van der Waals surface area contributed by atoms with E-state index in [1.807, 2.05) is 36.4 Å². The number of hydrogen-bond donors (Lipinski definition) is 0. The van der Waals surface area contributed by atoms with E-state index in [4.69, 9.17) is 12.7 Å². The van der Waals surface area contributed by atoms with Crippen molar-refractivity contribution in [3.05, 3.63) is 71.8 Å². The number of aryl methyl sites for hydroxylation is 1. The highest BCUT2D eigenvalue weighted by molar-refractivity contribution is 5.98. The van der Waals surface area contributed by atoms with Crippen molar-refractivity contribution in [2.24, 2.45) is 0 Å². The Hall–Kier alpha value is -1.54. The topological polar surface area (TPSA) is 9.23 Å². The molecule has 17 heavy (non-hydrogen) atoms. The molecule has 0 aliphatic heterocycles. The minimum absolute atomic E-state index is 0.0311. The molecule has 0 bridgehead atoms. The second kappa shape index (κ2) is 6.26. The van der Waals surface area contributed by atoms with E-state index in [-0.39, 0.29) is 6.10 Å². The van der Waals surface area contributed by atoms with E-state index >= 15 is 0 Å². The summed E-state index contributed by atoms with van der Waals surface area (Å²) in [5, 5.41) is 0. The summed E-state index contributed by atoms with van der Waals surface area (Å²) in [7, 11) is 5.37. The fraction of sp³-hybridized carbons (Fsp3) is 0.200. The molecule has 0 saturated carbocycles. The van der Waals surface area contributed by atoms with Crippen LogP contribution >= 0.6 is 0 Å². The fourth-order valence-electron chi connectivity index (χ4n) is 1.92. The van der Waals surface area contributed by atoms with Crippen LogP contribution in [0.25, 0.3) is 0 Å². The van der Waals surface area contributed by atoms with Gasteiger partial charge in [0.2, 0.25) is 0 Å². The Morgan fingerprint density at radius 2 is 1.47 bits per heavy atom. The molecule has 2 radical (unpaired) electrons. The molecule has 2 aromatic carbocycles. The van der Waals surface area contributed by atoms with Gasteiger partial charge >= 0.3 is 0 Å². The molecule has 0 heterocycles. The maximum Gasteiger partial charge on any atom is 0.283 e. The Kier molecular flexibility index (Phi) is 4.40. The van der Waals surface area contributed by atoms with Gasteiger partial charge < -0.3 is 4.65 Å². The van der Waals surface area contributed by atoms with Crippen LogP contribution in [0.2, 0.25) is 0 Å². The molecule has 0 saturated heterocycles. The van der Waals surface area contributed by atoms with Gasteiger partial charge in [0, 0.05) is 0 Å². The van der Waals surface area contributed by atoms with Crippen LogP contribution in [-0.2, 0) is 11.1 Å². The predicted molar refractivity (Wildman–Crippen MR) is 70.8 cm³/mol. The van der Waals surface area contributed by atoms with Gasteiger partial charge in [-0.3, -0.25) is 0 Å². The molecule has 0 fully saturated rings. The molecule has 1 nitrogen and oxygen atoms in total. The molecule has 0 aliphatic carbocycles. The number of rotatable bonds is 5. The van der Waals surface area contributed by atoms with Crippen molar-refractivity contribution >= 4 is 8.05 Å². The molecule has 0 aliphatic rings. The van der Waals surface area contributed by atoms with Crippen molar-refractivity contribution in [3.8, 4) is 0 Å². The zero-order valence-electron chi connectivity index (χ0n) is 9.75. The van der Waals surface area contributed by atoms with Gasteiger partial charge in [0.25, 0.3) is 8.05 Å². The quantitative estimate of drug-likeness (QED) is 0.704. The molecule has 1 atom stereocenters. The molecule has 2 aromatic rings. The first-order chi connectivity index (χ1) is 8.40. The van der Waals surface area contributed by atoms with Gasteiger partial charge in [-0.25, -0.2) is 0 Å². The average Bonchev–Trinajstić information content (AvgIpc) is 2.42. The molecule has 84 valence electrons. The first kappa shape index (κ1) is 11.9. The Balaban J connectivity index is 1.97. The maximum absolute atomic E-state index is 5.37. The normalized spacial score (nSPS) is 12.2. The Morgan fingerprint density at radius 3 is 2.06 bits per heavy atom. The minimum Gasteiger partial charge on any atom is -0.441 e. The second-order valence-electron chi connectivity index (χ2n) is 4.06.